The summed E-state index contributed by atoms with van der Waals surface area (Å²) in [5.74, 6) is 0.613. The minimum Gasteiger partial charge on any atom is -0.318 e. The first kappa shape index (κ1) is 15.6. The van der Waals surface area contributed by atoms with Gasteiger partial charge in [-0.15, -0.1) is 11.8 Å². The molecule has 2 aromatic rings. The molecule has 1 aliphatic heterocycles. The van der Waals surface area contributed by atoms with E-state index in [9.17, 15) is 4.79 Å². The zero-order valence-electron chi connectivity index (χ0n) is 12.6. The molecule has 116 valence electrons. The van der Waals surface area contributed by atoms with Crippen LogP contribution in [0.15, 0.2) is 70.7 Å². The minimum atomic E-state index is -0.347. The Hall–Kier alpha value is -2.33. The van der Waals surface area contributed by atoms with E-state index in [1.807, 2.05) is 54.6 Å². The number of benzene rings is 2. The van der Waals surface area contributed by atoms with Crippen molar-refractivity contribution in [3.05, 3.63) is 71.8 Å². The van der Waals surface area contributed by atoms with Crippen LogP contribution < -0.4 is 0 Å². The molecule has 0 fully saturated rings. The average Bonchev–Trinajstić information content (AvgIpc) is 2.61. The molecule has 3 nitrogen and oxygen atoms in total. The molecular formula is C19H17NO2S. The van der Waals surface area contributed by atoms with Gasteiger partial charge in [-0.3, -0.25) is 0 Å². The molecule has 0 N–H and O–H groups in total. The number of nitrogens with zero attached hydrogens (tertiary/aromatic N) is 1. The molecule has 0 aliphatic carbocycles. The van der Waals surface area contributed by atoms with Gasteiger partial charge in [0.15, 0.2) is 0 Å². The summed E-state index contributed by atoms with van der Waals surface area (Å²) < 4.78 is 0. The highest BCUT2D eigenvalue weighted by molar-refractivity contribution is 7.99. The molecule has 0 atom stereocenters. The number of thioether (sulfide) groups is 1. The lowest BCUT2D eigenvalue weighted by molar-refractivity contribution is -0.142. The minimum absolute atomic E-state index is 0.210. The molecule has 4 heteroatoms. The van der Waals surface area contributed by atoms with Crippen LogP contribution in [-0.2, 0) is 9.63 Å². The maximum absolute atomic E-state index is 11.8. The summed E-state index contributed by atoms with van der Waals surface area (Å²) in [5, 5.41) is 4.07. The Kier molecular flexibility index (Phi) is 5.27. The predicted octanol–water partition coefficient (Wildman–Crippen LogP) is 4.53. The van der Waals surface area contributed by atoms with E-state index < -0.39 is 0 Å². The third kappa shape index (κ3) is 4.33. The third-order valence-electron chi connectivity index (χ3n) is 3.45. The van der Waals surface area contributed by atoms with Gasteiger partial charge in [-0.1, -0.05) is 65.8 Å². The van der Waals surface area contributed by atoms with Gasteiger partial charge in [-0.2, -0.15) is 0 Å². The largest absolute Gasteiger partial charge is 0.338 e. The lowest BCUT2D eigenvalue weighted by Gasteiger charge is -2.15. The highest BCUT2D eigenvalue weighted by Gasteiger charge is 2.16. The molecule has 0 unspecified atom stereocenters. The summed E-state index contributed by atoms with van der Waals surface area (Å²) in [5.41, 5.74) is 2.97. The van der Waals surface area contributed by atoms with Gasteiger partial charge in [-0.25, -0.2) is 4.79 Å². The van der Waals surface area contributed by atoms with Gasteiger partial charge in [0.1, 0.15) is 0 Å². The van der Waals surface area contributed by atoms with Crippen LogP contribution >= 0.6 is 11.8 Å². The van der Waals surface area contributed by atoms with E-state index in [0.29, 0.717) is 0 Å². The van der Waals surface area contributed by atoms with E-state index in [1.165, 1.54) is 4.90 Å². The van der Waals surface area contributed by atoms with Crippen molar-refractivity contribution in [2.24, 2.45) is 5.16 Å². The Bertz CT molecular complexity index is 738. The molecule has 0 amide bonds. The Morgan fingerprint density at radius 1 is 1.13 bits per heavy atom. The van der Waals surface area contributed by atoms with Crippen LogP contribution in [0, 0.1) is 0 Å². The second-order valence-corrected chi connectivity index (χ2v) is 6.25. The van der Waals surface area contributed by atoms with Crippen molar-refractivity contribution >= 4 is 29.5 Å². The first-order valence-electron chi connectivity index (χ1n) is 7.53. The van der Waals surface area contributed by atoms with Crippen LogP contribution in [0.4, 0.5) is 0 Å². The Labute approximate surface area is 140 Å². The number of carbonyl (C=O) groups is 1. The van der Waals surface area contributed by atoms with Crippen molar-refractivity contribution in [3.8, 4) is 0 Å². The Morgan fingerprint density at radius 3 is 2.78 bits per heavy atom. The summed E-state index contributed by atoms with van der Waals surface area (Å²) >= 11 is 1.81. The van der Waals surface area contributed by atoms with Gasteiger partial charge in [0.05, 0.1) is 12.1 Å². The molecule has 1 aliphatic rings. The molecule has 1 heterocycles. The van der Waals surface area contributed by atoms with E-state index in [2.05, 4.69) is 11.2 Å². The zero-order valence-corrected chi connectivity index (χ0v) is 13.5. The van der Waals surface area contributed by atoms with Crippen molar-refractivity contribution < 1.29 is 9.63 Å². The summed E-state index contributed by atoms with van der Waals surface area (Å²) in [6.07, 6.45) is 4.72. The fourth-order valence-corrected chi connectivity index (χ4v) is 3.35. The lowest BCUT2D eigenvalue weighted by Crippen LogP contribution is -2.11. The number of fused-ring (bicyclic) bond motifs is 1. The third-order valence-corrected chi connectivity index (χ3v) is 4.52. The quantitative estimate of drug-likeness (QED) is 0.613. The molecule has 0 radical (unpaired) electrons. The van der Waals surface area contributed by atoms with Gasteiger partial charge in [0, 0.05) is 22.6 Å². The first-order valence-corrected chi connectivity index (χ1v) is 8.52. The van der Waals surface area contributed by atoms with Crippen molar-refractivity contribution in [2.45, 2.75) is 17.7 Å². The first-order chi connectivity index (χ1) is 11.3. The number of hydrogen-bond acceptors (Lipinski definition) is 4. The molecule has 3 rings (SSSR count). The van der Waals surface area contributed by atoms with Crippen LogP contribution in [0.2, 0.25) is 0 Å². The highest BCUT2D eigenvalue weighted by Crippen LogP contribution is 2.29. The number of oxime groups is 1. The lowest BCUT2D eigenvalue weighted by atomic mass is 10.1. The highest BCUT2D eigenvalue weighted by atomic mass is 32.2. The number of rotatable bonds is 4. The van der Waals surface area contributed by atoms with Gasteiger partial charge in [0.2, 0.25) is 0 Å². The summed E-state index contributed by atoms with van der Waals surface area (Å²) in [6, 6.07) is 17.9. The van der Waals surface area contributed by atoms with E-state index in [0.717, 1.165) is 29.0 Å². The van der Waals surface area contributed by atoms with E-state index in [1.54, 1.807) is 17.8 Å². The van der Waals surface area contributed by atoms with E-state index >= 15 is 0 Å². The number of carbonyl (C=O) groups excluding carboxylic acids is 1. The maximum Gasteiger partial charge on any atom is 0.338 e. The van der Waals surface area contributed by atoms with Gasteiger partial charge >= 0.3 is 5.97 Å². The van der Waals surface area contributed by atoms with Crippen LogP contribution in [-0.4, -0.2) is 17.4 Å². The zero-order chi connectivity index (χ0) is 15.9. The van der Waals surface area contributed by atoms with Crippen molar-refractivity contribution in [3.63, 3.8) is 0 Å². The van der Waals surface area contributed by atoms with Crippen molar-refractivity contribution in [1.29, 1.82) is 0 Å². The molecule has 23 heavy (non-hydrogen) atoms. The van der Waals surface area contributed by atoms with Crippen LogP contribution in [0.25, 0.3) is 6.08 Å². The molecule has 0 spiro atoms. The fraction of sp³-hybridized carbons (Fsp3) is 0.158. The normalized spacial score (nSPS) is 15.6. The molecule has 0 aromatic heterocycles. The Morgan fingerprint density at radius 2 is 1.91 bits per heavy atom. The second kappa shape index (κ2) is 7.79. The molecule has 0 bridgehead atoms. The van der Waals surface area contributed by atoms with Gasteiger partial charge in [0.25, 0.3) is 0 Å². The summed E-state index contributed by atoms with van der Waals surface area (Å²) in [4.78, 5) is 18.1. The van der Waals surface area contributed by atoms with Crippen molar-refractivity contribution in [1.82, 2.24) is 0 Å². The van der Waals surface area contributed by atoms with Gasteiger partial charge < -0.3 is 4.84 Å². The monoisotopic (exact) mass is 323 g/mol. The molecule has 0 saturated heterocycles. The van der Waals surface area contributed by atoms with Crippen LogP contribution in [0.1, 0.15) is 24.0 Å². The van der Waals surface area contributed by atoms with Crippen LogP contribution in [0.5, 0.6) is 0 Å². The maximum atomic E-state index is 11.8. The smallest absolute Gasteiger partial charge is 0.318 e. The molecule has 2 aromatic carbocycles. The summed E-state index contributed by atoms with van der Waals surface area (Å²) in [7, 11) is 0. The molecule has 0 saturated carbocycles. The standard InChI is InChI=1S/C19H17NO2S/c21-19(12-6-9-15-7-2-1-3-8-15)22-20-17-13-14-23-18-11-5-4-10-16(17)18/h1-11H,12-14H2/b9-6+,20-17-. The van der Waals surface area contributed by atoms with E-state index in [-0.39, 0.29) is 12.4 Å². The topological polar surface area (TPSA) is 38.7 Å². The van der Waals surface area contributed by atoms with E-state index in [4.69, 9.17) is 4.84 Å². The SMILES string of the molecule is O=C(C/C=C/c1ccccc1)O/N=C1/CCSc2ccccc21. The fourth-order valence-electron chi connectivity index (χ4n) is 2.32. The summed E-state index contributed by atoms with van der Waals surface area (Å²) in [6.45, 7) is 0. The van der Waals surface area contributed by atoms with Crippen molar-refractivity contribution in [2.75, 3.05) is 5.75 Å². The second-order valence-electron chi connectivity index (χ2n) is 5.11. The predicted molar refractivity (Wildman–Crippen MR) is 94.5 cm³/mol. The Balaban J connectivity index is 1.58. The molecular weight excluding hydrogens is 306 g/mol. The van der Waals surface area contributed by atoms with Gasteiger partial charge in [-0.05, 0) is 11.6 Å². The average molecular weight is 323 g/mol. The number of hydrogen-bond donors (Lipinski definition) is 0. The van der Waals surface area contributed by atoms with Crippen LogP contribution in [0.3, 0.4) is 0 Å².